The molecule has 0 atom stereocenters. The van der Waals surface area contributed by atoms with Gasteiger partial charge in [-0.3, -0.25) is 9.79 Å². The topological polar surface area (TPSA) is 56.7 Å². The van der Waals surface area contributed by atoms with Crippen molar-refractivity contribution in [2.45, 2.75) is 45.4 Å². The molecule has 0 unspecified atom stereocenters. The summed E-state index contributed by atoms with van der Waals surface area (Å²) < 4.78 is 0. The van der Waals surface area contributed by atoms with Crippen molar-refractivity contribution in [1.29, 1.82) is 0 Å². The first-order valence-electron chi connectivity index (χ1n) is 10.8. The lowest BCUT2D eigenvalue weighted by Crippen LogP contribution is -2.44. The second-order valence-electron chi connectivity index (χ2n) is 7.71. The van der Waals surface area contributed by atoms with Crippen molar-refractivity contribution in [2.24, 2.45) is 10.9 Å². The lowest BCUT2D eigenvalue weighted by Gasteiger charge is -2.31. The van der Waals surface area contributed by atoms with Crippen LogP contribution in [0.15, 0.2) is 40.9 Å². The quantitative estimate of drug-likeness (QED) is 0.252. The van der Waals surface area contributed by atoms with Gasteiger partial charge in [0.1, 0.15) is 0 Å². The maximum absolute atomic E-state index is 11.9. The number of piperidine rings is 1. The van der Waals surface area contributed by atoms with Gasteiger partial charge in [0.25, 0.3) is 0 Å². The Morgan fingerprint density at radius 2 is 1.90 bits per heavy atom. The van der Waals surface area contributed by atoms with E-state index >= 15 is 0 Å². The summed E-state index contributed by atoms with van der Waals surface area (Å²) in [5.41, 5.74) is 2.80. The van der Waals surface area contributed by atoms with Gasteiger partial charge in [0.2, 0.25) is 5.91 Å². The average Bonchev–Trinajstić information content (AvgIpc) is 2.67. The molecule has 1 amide bonds. The fraction of sp³-hybridized carbons (Fsp3) is 0.565. The van der Waals surface area contributed by atoms with E-state index in [9.17, 15) is 4.79 Å². The Kier molecular flexibility index (Phi) is 10.5. The van der Waals surface area contributed by atoms with Crippen molar-refractivity contribution in [3.63, 3.8) is 0 Å². The molecule has 3 rings (SSSR count). The van der Waals surface area contributed by atoms with Gasteiger partial charge in [-0.05, 0) is 44.6 Å². The van der Waals surface area contributed by atoms with Crippen LogP contribution in [-0.4, -0.2) is 49.5 Å². The Balaban J connectivity index is 0.00000300. The van der Waals surface area contributed by atoms with Crippen LogP contribution in [0.3, 0.4) is 0 Å². The number of amides is 1. The van der Waals surface area contributed by atoms with Crippen LogP contribution in [0.4, 0.5) is 0 Å². The highest BCUT2D eigenvalue weighted by Crippen LogP contribution is 2.26. The summed E-state index contributed by atoms with van der Waals surface area (Å²) in [6.07, 6.45) is 8.70. The number of hydrogen-bond acceptors (Lipinski definition) is 2. The van der Waals surface area contributed by atoms with E-state index in [2.05, 4.69) is 58.9 Å². The van der Waals surface area contributed by atoms with Crippen LogP contribution in [-0.2, 0) is 4.79 Å². The first kappa shape index (κ1) is 23.7. The zero-order valence-electron chi connectivity index (χ0n) is 17.5. The van der Waals surface area contributed by atoms with E-state index in [4.69, 9.17) is 4.99 Å². The highest BCUT2D eigenvalue weighted by molar-refractivity contribution is 14.0. The van der Waals surface area contributed by atoms with Crippen LogP contribution in [0.1, 0.15) is 51.0 Å². The molecule has 2 fully saturated rings. The molecule has 0 aromatic heterocycles. The van der Waals surface area contributed by atoms with E-state index in [-0.39, 0.29) is 35.8 Å². The molecule has 0 bridgehead atoms. The number of rotatable bonds is 7. The summed E-state index contributed by atoms with van der Waals surface area (Å²) in [7, 11) is 0. The maximum Gasteiger partial charge on any atom is 0.223 e. The van der Waals surface area contributed by atoms with Crippen LogP contribution in [0.2, 0.25) is 0 Å². The predicted molar refractivity (Wildman–Crippen MR) is 132 cm³/mol. The highest BCUT2D eigenvalue weighted by Gasteiger charge is 2.24. The third-order valence-electron chi connectivity index (χ3n) is 5.58. The molecule has 1 aliphatic carbocycles. The van der Waals surface area contributed by atoms with Gasteiger partial charge < -0.3 is 15.5 Å². The summed E-state index contributed by atoms with van der Waals surface area (Å²) in [4.78, 5) is 19.0. The van der Waals surface area contributed by atoms with Gasteiger partial charge in [0.05, 0.1) is 0 Å². The molecule has 0 spiro atoms. The molecule has 1 aliphatic heterocycles. The number of carbonyl (C=O) groups excluding carboxylic acids is 1. The molecule has 0 radical (unpaired) electrons. The Hall–Kier alpha value is -1.57. The van der Waals surface area contributed by atoms with Crippen LogP contribution >= 0.6 is 24.0 Å². The summed E-state index contributed by atoms with van der Waals surface area (Å²) in [5, 5.41) is 6.47. The summed E-state index contributed by atoms with van der Waals surface area (Å²) in [5.74, 6) is 1.51. The number of halogens is 1. The number of nitrogens with zero attached hydrogens (tertiary/aromatic N) is 2. The van der Waals surface area contributed by atoms with Gasteiger partial charge in [0.15, 0.2) is 5.96 Å². The Bertz CT molecular complexity index is 675. The number of nitrogens with one attached hydrogen (secondary N) is 2. The molecule has 1 saturated carbocycles. The number of guanidine groups is 1. The zero-order chi connectivity index (χ0) is 19.6. The number of benzene rings is 1. The van der Waals surface area contributed by atoms with Crippen molar-refractivity contribution in [3.05, 3.63) is 41.5 Å². The molecule has 6 heteroatoms. The maximum atomic E-state index is 11.9. The fourth-order valence-electron chi connectivity index (χ4n) is 3.65. The standard InChI is InChI=1S/C23H34N4O.HI/c1-2-24-23(26-15-7-14-25-22(28)21-10-6-11-21)27-16-12-20(13-17-27)18-19-8-4-3-5-9-19;/h3-5,8-9,18,21H,2,6-7,10-17H2,1H3,(H,24,26)(H,25,28);1H. The molecule has 160 valence electrons. The van der Waals surface area contributed by atoms with E-state index in [0.717, 1.165) is 70.8 Å². The second-order valence-corrected chi connectivity index (χ2v) is 7.71. The molecular weight excluding hydrogens is 475 g/mol. The molecule has 1 aromatic carbocycles. The van der Waals surface area contributed by atoms with Crippen molar-refractivity contribution in [3.8, 4) is 0 Å². The zero-order valence-corrected chi connectivity index (χ0v) is 19.9. The number of carbonyl (C=O) groups is 1. The Morgan fingerprint density at radius 3 is 2.52 bits per heavy atom. The van der Waals surface area contributed by atoms with E-state index < -0.39 is 0 Å². The lowest BCUT2D eigenvalue weighted by molar-refractivity contribution is -0.127. The second kappa shape index (κ2) is 12.9. The summed E-state index contributed by atoms with van der Waals surface area (Å²) in [6.45, 7) is 6.46. The third kappa shape index (κ3) is 7.64. The van der Waals surface area contributed by atoms with E-state index in [0.29, 0.717) is 0 Å². The van der Waals surface area contributed by atoms with Crippen LogP contribution < -0.4 is 10.6 Å². The Labute approximate surface area is 192 Å². The molecule has 29 heavy (non-hydrogen) atoms. The fourth-order valence-corrected chi connectivity index (χ4v) is 3.65. The molecule has 2 aliphatic rings. The highest BCUT2D eigenvalue weighted by atomic mass is 127. The van der Waals surface area contributed by atoms with Crippen LogP contribution in [0, 0.1) is 5.92 Å². The van der Waals surface area contributed by atoms with Gasteiger partial charge in [0, 0.05) is 38.6 Å². The molecule has 1 aromatic rings. The lowest BCUT2D eigenvalue weighted by atomic mass is 9.85. The van der Waals surface area contributed by atoms with E-state index in [1.807, 2.05) is 0 Å². The Morgan fingerprint density at radius 1 is 1.17 bits per heavy atom. The molecule has 2 N–H and O–H groups in total. The minimum absolute atomic E-state index is 0. The summed E-state index contributed by atoms with van der Waals surface area (Å²) >= 11 is 0. The van der Waals surface area contributed by atoms with E-state index in [1.54, 1.807) is 0 Å². The first-order valence-corrected chi connectivity index (χ1v) is 10.8. The van der Waals surface area contributed by atoms with Gasteiger partial charge in [-0.2, -0.15) is 0 Å². The number of aliphatic imine (C=N–C) groups is 1. The number of hydrogen-bond donors (Lipinski definition) is 2. The third-order valence-corrected chi connectivity index (χ3v) is 5.58. The molecule has 1 saturated heterocycles. The van der Waals surface area contributed by atoms with Crippen molar-refractivity contribution >= 4 is 41.9 Å². The van der Waals surface area contributed by atoms with Gasteiger partial charge in [-0.25, -0.2) is 0 Å². The number of likely N-dealkylation sites (tertiary alicyclic amines) is 1. The SMILES string of the molecule is CCNC(=NCCCNC(=O)C1CCC1)N1CCC(=Cc2ccccc2)CC1.I. The van der Waals surface area contributed by atoms with Crippen LogP contribution in [0.25, 0.3) is 6.08 Å². The molecule has 5 nitrogen and oxygen atoms in total. The smallest absolute Gasteiger partial charge is 0.223 e. The van der Waals surface area contributed by atoms with Gasteiger partial charge >= 0.3 is 0 Å². The van der Waals surface area contributed by atoms with Crippen molar-refractivity contribution in [2.75, 3.05) is 32.7 Å². The van der Waals surface area contributed by atoms with Crippen LogP contribution in [0.5, 0.6) is 0 Å². The summed E-state index contributed by atoms with van der Waals surface area (Å²) in [6, 6.07) is 10.6. The monoisotopic (exact) mass is 510 g/mol. The minimum Gasteiger partial charge on any atom is -0.357 e. The van der Waals surface area contributed by atoms with Crippen molar-refractivity contribution in [1.82, 2.24) is 15.5 Å². The minimum atomic E-state index is 0. The van der Waals surface area contributed by atoms with E-state index in [1.165, 1.54) is 17.6 Å². The van der Waals surface area contributed by atoms with Crippen molar-refractivity contribution < 1.29 is 4.79 Å². The first-order chi connectivity index (χ1) is 13.8. The van der Waals surface area contributed by atoms with Gasteiger partial charge in [-0.15, -0.1) is 24.0 Å². The average molecular weight is 510 g/mol. The predicted octanol–water partition coefficient (Wildman–Crippen LogP) is 4.06. The normalized spacial score (nSPS) is 17.2. The molecular formula is C23H35IN4O. The largest absolute Gasteiger partial charge is 0.357 e. The molecule has 1 heterocycles. The van der Waals surface area contributed by atoms with Gasteiger partial charge in [-0.1, -0.05) is 48.4 Å².